The third kappa shape index (κ3) is 4.72. The number of aromatic nitrogens is 3. The van der Waals surface area contributed by atoms with E-state index in [0.717, 1.165) is 0 Å². The van der Waals surface area contributed by atoms with Crippen molar-refractivity contribution >= 4 is 35.4 Å². The molecular formula is C17H14ClN5O4S. The molecule has 0 unspecified atom stereocenters. The van der Waals surface area contributed by atoms with Crippen molar-refractivity contribution in [1.29, 1.82) is 0 Å². The molecule has 1 aromatic heterocycles. The first kappa shape index (κ1) is 19.5. The first-order valence-electron chi connectivity index (χ1n) is 8.00. The number of hydrogen-bond donors (Lipinski definition) is 2. The molecule has 0 radical (unpaired) electrons. The van der Waals surface area contributed by atoms with Gasteiger partial charge in [-0.25, -0.2) is 0 Å². The topological polar surface area (TPSA) is 115 Å². The van der Waals surface area contributed by atoms with Gasteiger partial charge in [0.2, 0.25) is 0 Å². The number of nitrogens with one attached hydrogen (secondary N) is 2. The van der Waals surface area contributed by atoms with E-state index < -0.39 is 4.92 Å². The van der Waals surface area contributed by atoms with E-state index >= 15 is 0 Å². The van der Waals surface area contributed by atoms with Crippen molar-refractivity contribution in [2.75, 3.05) is 6.61 Å². The lowest BCUT2D eigenvalue weighted by Crippen LogP contribution is -2.29. The second-order valence-corrected chi connectivity index (χ2v) is 6.40. The van der Waals surface area contributed by atoms with Crippen LogP contribution in [-0.4, -0.2) is 32.2 Å². The van der Waals surface area contributed by atoms with Gasteiger partial charge >= 0.3 is 0 Å². The number of aromatic amines is 1. The number of non-ortho nitro benzene ring substituents is 1. The number of ether oxygens (including phenoxy) is 1. The highest BCUT2D eigenvalue weighted by atomic mass is 35.5. The fraction of sp³-hybridized carbons (Fsp3) is 0.118. The smallest absolute Gasteiger partial charge is 0.269 e. The standard InChI is InChI=1S/C17H14ClN5O4S/c18-11-1-7-14(8-2-11)27-10-16(24)19-9-15-20-21-17(28)22(15)12-3-5-13(6-4-12)23(25)26/h1-8H,9-10H2,(H,19,24)(H,21,28). The second-order valence-electron chi connectivity index (χ2n) is 5.57. The van der Waals surface area contributed by atoms with Crippen molar-refractivity contribution < 1.29 is 14.5 Å². The molecule has 2 aromatic carbocycles. The summed E-state index contributed by atoms with van der Waals surface area (Å²) in [5.41, 5.74) is 0.555. The molecule has 3 aromatic rings. The Hall–Kier alpha value is -3.24. The van der Waals surface area contributed by atoms with Crippen LogP contribution < -0.4 is 10.1 Å². The van der Waals surface area contributed by atoms with Crippen molar-refractivity contribution in [3.63, 3.8) is 0 Å². The SMILES string of the molecule is O=C(COc1ccc(Cl)cc1)NCc1n[nH]c(=S)n1-c1ccc([N+](=O)[O-])cc1. The summed E-state index contributed by atoms with van der Waals surface area (Å²) >= 11 is 11.0. The lowest BCUT2D eigenvalue weighted by molar-refractivity contribution is -0.384. The Morgan fingerprint density at radius 1 is 1.25 bits per heavy atom. The number of rotatable bonds is 7. The van der Waals surface area contributed by atoms with Gasteiger partial charge in [-0.05, 0) is 48.6 Å². The maximum atomic E-state index is 12.0. The zero-order valence-corrected chi connectivity index (χ0v) is 15.9. The molecular weight excluding hydrogens is 406 g/mol. The van der Waals surface area contributed by atoms with Gasteiger partial charge in [-0.15, -0.1) is 0 Å². The molecule has 0 atom stereocenters. The van der Waals surface area contributed by atoms with Crippen LogP contribution in [0.1, 0.15) is 5.82 Å². The summed E-state index contributed by atoms with van der Waals surface area (Å²) in [7, 11) is 0. The normalized spacial score (nSPS) is 10.5. The van der Waals surface area contributed by atoms with Crippen molar-refractivity contribution in [2.24, 2.45) is 0 Å². The predicted molar refractivity (Wildman–Crippen MR) is 104 cm³/mol. The molecule has 144 valence electrons. The maximum absolute atomic E-state index is 12.0. The van der Waals surface area contributed by atoms with Gasteiger partial charge < -0.3 is 10.1 Å². The quantitative estimate of drug-likeness (QED) is 0.345. The lowest BCUT2D eigenvalue weighted by Gasteiger charge is -2.09. The first-order chi connectivity index (χ1) is 13.4. The van der Waals surface area contributed by atoms with Gasteiger partial charge in [-0.3, -0.25) is 24.6 Å². The van der Waals surface area contributed by atoms with E-state index in [9.17, 15) is 14.9 Å². The van der Waals surface area contributed by atoms with Crippen molar-refractivity contribution in [1.82, 2.24) is 20.1 Å². The Balaban J connectivity index is 1.63. The van der Waals surface area contributed by atoms with E-state index in [1.807, 2.05) is 0 Å². The Labute approximate surface area is 169 Å². The molecule has 1 amide bonds. The molecule has 0 fully saturated rings. The zero-order valence-electron chi connectivity index (χ0n) is 14.3. The van der Waals surface area contributed by atoms with Crippen molar-refractivity contribution in [2.45, 2.75) is 6.54 Å². The van der Waals surface area contributed by atoms with E-state index in [1.54, 1.807) is 41.0 Å². The molecule has 0 aliphatic rings. The minimum Gasteiger partial charge on any atom is -0.484 e. The molecule has 0 saturated carbocycles. The third-order valence-corrected chi connectivity index (χ3v) is 4.21. The summed E-state index contributed by atoms with van der Waals surface area (Å²) in [6.07, 6.45) is 0. The fourth-order valence-corrected chi connectivity index (χ4v) is 2.73. The molecule has 0 aliphatic heterocycles. The number of nitro benzene ring substituents is 1. The summed E-state index contributed by atoms with van der Waals surface area (Å²) in [6.45, 7) is -0.0861. The summed E-state index contributed by atoms with van der Waals surface area (Å²) in [5, 5.41) is 20.8. The lowest BCUT2D eigenvalue weighted by atomic mass is 10.3. The monoisotopic (exact) mass is 419 g/mol. The van der Waals surface area contributed by atoms with E-state index in [1.165, 1.54) is 12.1 Å². The highest BCUT2D eigenvalue weighted by molar-refractivity contribution is 7.71. The average molecular weight is 420 g/mol. The summed E-state index contributed by atoms with van der Waals surface area (Å²) in [5.74, 6) is 0.617. The number of nitro groups is 1. The van der Waals surface area contributed by atoms with Crippen molar-refractivity contribution in [3.8, 4) is 11.4 Å². The molecule has 28 heavy (non-hydrogen) atoms. The molecule has 11 heteroatoms. The number of carbonyl (C=O) groups excluding carboxylic acids is 1. The van der Waals surface area contributed by atoms with Gasteiger partial charge in [0.25, 0.3) is 11.6 Å². The van der Waals surface area contributed by atoms with Crippen LogP contribution in [0.3, 0.4) is 0 Å². The van der Waals surface area contributed by atoms with Crippen molar-refractivity contribution in [3.05, 3.63) is 74.3 Å². The van der Waals surface area contributed by atoms with Gasteiger partial charge in [0.15, 0.2) is 17.2 Å². The first-order valence-corrected chi connectivity index (χ1v) is 8.79. The minimum absolute atomic E-state index is 0.0343. The van der Waals surface area contributed by atoms with Gasteiger partial charge in [0.05, 0.1) is 17.2 Å². The van der Waals surface area contributed by atoms with Crippen LogP contribution in [0, 0.1) is 14.9 Å². The molecule has 0 aliphatic carbocycles. The number of benzene rings is 2. The number of amides is 1. The highest BCUT2D eigenvalue weighted by Gasteiger charge is 2.12. The summed E-state index contributed by atoms with van der Waals surface area (Å²) in [6, 6.07) is 12.5. The number of H-pyrrole nitrogens is 1. The van der Waals surface area contributed by atoms with E-state index in [-0.39, 0.29) is 24.7 Å². The van der Waals surface area contributed by atoms with Crippen LogP contribution in [0.15, 0.2) is 48.5 Å². The Kier molecular flexibility index (Phi) is 6.02. The maximum Gasteiger partial charge on any atom is 0.269 e. The number of carbonyl (C=O) groups is 1. The largest absolute Gasteiger partial charge is 0.484 e. The van der Waals surface area contributed by atoms with Crippen LogP contribution in [0.2, 0.25) is 5.02 Å². The van der Waals surface area contributed by atoms with Crippen LogP contribution in [0.4, 0.5) is 5.69 Å². The number of nitrogens with zero attached hydrogens (tertiary/aromatic N) is 3. The highest BCUT2D eigenvalue weighted by Crippen LogP contribution is 2.17. The van der Waals surface area contributed by atoms with Crippen LogP contribution in [0.5, 0.6) is 5.75 Å². The molecule has 0 saturated heterocycles. The fourth-order valence-electron chi connectivity index (χ4n) is 2.35. The molecule has 2 N–H and O–H groups in total. The third-order valence-electron chi connectivity index (χ3n) is 3.69. The van der Waals surface area contributed by atoms with Gasteiger partial charge in [0.1, 0.15) is 5.75 Å². The Bertz CT molecular complexity index is 1050. The molecule has 3 rings (SSSR count). The van der Waals surface area contributed by atoms with Gasteiger partial charge in [-0.2, -0.15) is 5.10 Å². The van der Waals surface area contributed by atoms with Crippen LogP contribution in [-0.2, 0) is 11.3 Å². The van der Waals surface area contributed by atoms with E-state index in [2.05, 4.69) is 15.5 Å². The average Bonchev–Trinajstić information content (AvgIpc) is 3.06. The molecule has 9 nitrogen and oxygen atoms in total. The van der Waals surface area contributed by atoms with Gasteiger partial charge in [0, 0.05) is 17.2 Å². The van der Waals surface area contributed by atoms with Gasteiger partial charge in [-0.1, -0.05) is 11.6 Å². The number of halogens is 1. The predicted octanol–water partition coefficient (Wildman–Crippen LogP) is 3.19. The van der Waals surface area contributed by atoms with E-state index in [0.29, 0.717) is 27.1 Å². The van der Waals surface area contributed by atoms with E-state index in [4.69, 9.17) is 28.6 Å². The summed E-state index contributed by atoms with van der Waals surface area (Å²) < 4.78 is 7.26. The Morgan fingerprint density at radius 3 is 2.57 bits per heavy atom. The number of hydrogen-bond acceptors (Lipinski definition) is 6. The Morgan fingerprint density at radius 2 is 1.93 bits per heavy atom. The molecule has 0 spiro atoms. The molecule has 1 heterocycles. The second kappa shape index (κ2) is 8.63. The van der Waals surface area contributed by atoms with Crippen LogP contribution >= 0.6 is 23.8 Å². The molecule has 0 bridgehead atoms. The minimum atomic E-state index is -0.486. The zero-order chi connectivity index (χ0) is 20.1. The summed E-state index contributed by atoms with van der Waals surface area (Å²) in [4.78, 5) is 22.3. The van der Waals surface area contributed by atoms with Crippen LogP contribution in [0.25, 0.3) is 5.69 Å².